The van der Waals surface area contributed by atoms with E-state index in [0.29, 0.717) is 6.10 Å². The van der Waals surface area contributed by atoms with E-state index in [1.807, 2.05) is 7.11 Å². The van der Waals surface area contributed by atoms with E-state index >= 15 is 0 Å². The topological polar surface area (TPSA) is 24.5 Å². The lowest BCUT2D eigenvalue weighted by molar-refractivity contribution is 0.0265. The van der Waals surface area contributed by atoms with Gasteiger partial charge in [0.05, 0.1) is 6.10 Å². The Bertz CT molecular complexity index is 198. The molecule has 3 nitrogen and oxygen atoms in total. The average molecular weight is 226 g/mol. The molecular formula is C13H26N2O. The Kier molecular flexibility index (Phi) is 4.62. The zero-order chi connectivity index (χ0) is 11.4. The summed E-state index contributed by atoms with van der Waals surface area (Å²) in [5.41, 5.74) is 0. The summed E-state index contributed by atoms with van der Waals surface area (Å²) in [6.45, 7) is 5.91. The molecule has 2 rings (SSSR count). The minimum Gasteiger partial charge on any atom is -0.381 e. The van der Waals surface area contributed by atoms with E-state index in [2.05, 4.69) is 17.1 Å². The second kappa shape index (κ2) is 5.99. The summed E-state index contributed by atoms with van der Waals surface area (Å²) in [5.74, 6) is 0. The van der Waals surface area contributed by atoms with Gasteiger partial charge in [0.25, 0.3) is 0 Å². The number of piperidine rings is 1. The number of likely N-dealkylation sites (tertiary alicyclic amines) is 1. The van der Waals surface area contributed by atoms with E-state index < -0.39 is 0 Å². The van der Waals surface area contributed by atoms with Gasteiger partial charge in [0.15, 0.2) is 0 Å². The van der Waals surface area contributed by atoms with Gasteiger partial charge in [-0.25, -0.2) is 0 Å². The van der Waals surface area contributed by atoms with Gasteiger partial charge < -0.3 is 10.1 Å². The highest BCUT2D eigenvalue weighted by atomic mass is 16.5. The van der Waals surface area contributed by atoms with Gasteiger partial charge in [0.2, 0.25) is 0 Å². The summed E-state index contributed by atoms with van der Waals surface area (Å²) in [4.78, 5) is 2.64. The maximum atomic E-state index is 5.42. The molecule has 0 aromatic carbocycles. The fourth-order valence-electron chi connectivity index (χ4n) is 2.60. The van der Waals surface area contributed by atoms with Crippen LogP contribution in [0.4, 0.5) is 0 Å². The van der Waals surface area contributed by atoms with Crippen molar-refractivity contribution in [3.63, 3.8) is 0 Å². The molecule has 1 heterocycles. The standard InChI is InChI=1S/C13H26N2O/c1-3-12(10-14-11-4-5-11)15-8-6-13(16-2)7-9-15/h11-14H,3-10H2,1-2H3. The lowest BCUT2D eigenvalue weighted by atomic mass is 10.0. The smallest absolute Gasteiger partial charge is 0.0595 e. The number of hydrogen-bond acceptors (Lipinski definition) is 3. The van der Waals surface area contributed by atoms with E-state index in [-0.39, 0.29) is 0 Å². The minimum absolute atomic E-state index is 0.505. The van der Waals surface area contributed by atoms with Crippen LogP contribution in [0.25, 0.3) is 0 Å². The highest BCUT2D eigenvalue weighted by Gasteiger charge is 2.26. The maximum absolute atomic E-state index is 5.42. The van der Waals surface area contributed by atoms with Gasteiger partial charge in [-0.3, -0.25) is 4.90 Å². The molecule has 94 valence electrons. The van der Waals surface area contributed by atoms with E-state index in [1.165, 1.54) is 51.7 Å². The summed E-state index contributed by atoms with van der Waals surface area (Å²) in [6, 6.07) is 1.57. The van der Waals surface area contributed by atoms with Gasteiger partial charge >= 0.3 is 0 Å². The van der Waals surface area contributed by atoms with Crippen molar-refractivity contribution in [2.75, 3.05) is 26.7 Å². The van der Waals surface area contributed by atoms with Crippen LogP contribution < -0.4 is 5.32 Å². The summed E-state index contributed by atoms with van der Waals surface area (Å²) in [7, 11) is 1.84. The number of nitrogens with one attached hydrogen (secondary N) is 1. The van der Waals surface area contributed by atoms with E-state index in [4.69, 9.17) is 4.74 Å². The fourth-order valence-corrected chi connectivity index (χ4v) is 2.60. The molecule has 0 aromatic rings. The fraction of sp³-hybridized carbons (Fsp3) is 1.00. The first kappa shape index (κ1) is 12.3. The first-order valence-electron chi connectivity index (χ1n) is 6.83. The quantitative estimate of drug-likeness (QED) is 0.745. The Morgan fingerprint density at radius 3 is 2.44 bits per heavy atom. The highest BCUT2D eigenvalue weighted by molar-refractivity contribution is 4.85. The predicted molar refractivity (Wildman–Crippen MR) is 66.7 cm³/mol. The normalized spacial score (nSPS) is 25.9. The lowest BCUT2D eigenvalue weighted by Gasteiger charge is -2.37. The van der Waals surface area contributed by atoms with Crippen molar-refractivity contribution < 1.29 is 4.74 Å². The Morgan fingerprint density at radius 2 is 1.94 bits per heavy atom. The average Bonchev–Trinajstić information content (AvgIpc) is 3.15. The second-order valence-electron chi connectivity index (χ2n) is 5.22. The molecule has 1 aliphatic heterocycles. The zero-order valence-corrected chi connectivity index (χ0v) is 10.7. The van der Waals surface area contributed by atoms with Gasteiger partial charge in [0, 0.05) is 38.8 Å². The van der Waals surface area contributed by atoms with Crippen molar-refractivity contribution in [2.45, 2.75) is 57.2 Å². The molecule has 16 heavy (non-hydrogen) atoms. The van der Waals surface area contributed by atoms with Gasteiger partial charge in [-0.1, -0.05) is 6.92 Å². The van der Waals surface area contributed by atoms with Crippen molar-refractivity contribution in [1.82, 2.24) is 10.2 Å². The van der Waals surface area contributed by atoms with Crippen LogP contribution in [0.2, 0.25) is 0 Å². The van der Waals surface area contributed by atoms with E-state index in [1.54, 1.807) is 0 Å². The van der Waals surface area contributed by atoms with Crippen LogP contribution in [0.1, 0.15) is 39.0 Å². The first-order chi connectivity index (χ1) is 7.83. The van der Waals surface area contributed by atoms with Crippen LogP contribution in [0.5, 0.6) is 0 Å². The van der Waals surface area contributed by atoms with Crippen LogP contribution in [0, 0.1) is 0 Å². The van der Waals surface area contributed by atoms with Crippen molar-refractivity contribution in [2.24, 2.45) is 0 Å². The third-order valence-electron chi connectivity index (χ3n) is 4.02. The van der Waals surface area contributed by atoms with Gasteiger partial charge in [-0.05, 0) is 32.1 Å². The van der Waals surface area contributed by atoms with Crippen LogP contribution in [0.3, 0.4) is 0 Å². The predicted octanol–water partition coefficient (Wildman–Crippen LogP) is 1.63. The molecule has 1 aliphatic carbocycles. The second-order valence-corrected chi connectivity index (χ2v) is 5.22. The minimum atomic E-state index is 0.505. The monoisotopic (exact) mass is 226 g/mol. The Labute approximate surface area is 99.5 Å². The van der Waals surface area contributed by atoms with Crippen molar-refractivity contribution in [1.29, 1.82) is 0 Å². The highest BCUT2D eigenvalue weighted by Crippen LogP contribution is 2.20. The van der Waals surface area contributed by atoms with Crippen LogP contribution >= 0.6 is 0 Å². The van der Waals surface area contributed by atoms with Gasteiger partial charge in [0.1, 0.15) is 0 Å². The van der Waals surface area contributed by atoms with Gasteiger partial charge in [-0.2, -0.15) is 0 Å². The molecule has 0 bridgehead atoms. The molecule has 2 fully saturated rings. The largest absolute Gasteiger partial charge is 0.381 e. The molecule has 1 saturated carbocycles. The van der Waals surface area contributed by atoms with Crippen molar-refractivity contribution in [3.8, 4) is 0 Å². The third kappa shape index (κ3) is 3.44. The molecule has 3 heteroatoms. The molecule has 0 spiro atoms. The van der Waals surface area contributed by atoms with E-state index in [9.17, 15) is 0 Å². The Balaban J connectivity index is 1.71. The lowest BCUT2D eigenvalue weighted by Crippen LogP contribution is -2.47. The summed E-state index contributed by atoms with van der Waals surface area (Å²) in [6.07, 6.45) is 6.96. The maximum Gasteiger partial charge on any atom is 0.0595 e. The van der Waals surface area contributed by atoms with Crippen molar-refractivity contribution in [3.05, 3.63) is 0 Å². The Morgan fingerprint density at radius 1 is 1.25 bits per heavy atom. The van der Waals surface area contributed by atoms with Crippen molar-refractivity contribution >= 4 is 0 Å². The van der Waals surface area contributed by atoms with Crippen LogP contribution in [-0.4, -0.2) is 49.8 Å². The third-order valence-corrected chi connectivity index (χ3v) is 4.02. The number of methoxy groups -OCH3 is 1. The Hall–Kier alpha value is -0.120. The molecule has 1 unspecified atom stereocenters. The van der Waals surface area contributed by atoms with Gasteiger partial charge in [-0.15, -0.1) is 0 Å². The molecule has 2 aliphatic rings. The summed E-state index contributed by atoms with van der Waals surface area (Å²) >= 11 is 0. The molecular weight excluding hydrogens is 200 g/mol. The van der Waals surface area contributed by atoms with Crippen LogP contribution in [0.15, 0.2) is 0 Å². The van der Waals surface area contributed by atoms with E-state index in [0.717, 1.165) is 12.1 Å². The van der Waals surface area contributed by atoms with Crippen LogP contribution in [-0.2, 0) is 4.74 Å². The molecule has 1 N–H and O–H groups in total. The molecule has 1 saturated heterocycles. The molecule has 1 atom stereocenters. The zero-order valence-electron chi connectivity index (χ0n) is 10.7. The summed E-state index contributed by atoms with van der Waals surface area (Å²) in [5, 5.41) is 3.66. The number of hydrogen-bond donors (Lipinski definition) is 1. The number of nitrogens with zero attached hydrogens (tertiary/aromatic N) is 1. The number of rotatable bonds is 6. The number of ether oxygens (including phenoxy) is 1. The summed E-state index contributed by atoms with van der Waals surface area (Å²) < 4.78 is 5.42. The molecule has 0 amide bonds. The SMILES string of the molecule is CCC(CNC1CC1)N1CCC(OC)CC1. The first-order valence-corrected chi connectivity index (χ1v) is 6.83. The molecule has 0 radical (unpaired) electrons. The molecule has 0 aromatic heterocycles.